The summed E-state index contributed by atoms with van der Waals surface area (Å²) in [6.45, 7) is 2.06. The Hall–Kier alpha value is -1.29. The first kappa shape index (κ1) is 12.2. The lowest BCUT2D eigenvalue weighted by molar-refractivity contribution is 0.0697. The molecule has 0 radical (unpaired) electrons. The van der Waals surface area contributed by atoms with Crippen LogP contribution in [0.15, 0.2) is 12.3 Å². The van der Waals surface area contributed by atoms with E-state index in [1.807, 2.05) is 0 Å². The Kier molecular flexibility index (Phi) is 3.52. The Morgan fingerprint density at radius 1 is 1.71 bits per heavy atom. The van der Waals surface area contributed by atoms with Gasteiger partial charge in [-0.2, -0.15) is 0 Å². The molecule has 2 N–H and O–H groups in total. The summed E-state index contributed by atoms with van der Waals surface area (Å²) < 4.78 is 0. The first-order valence-electron chi connectivity index (χ1n) is 5.72. The van der Waals surface area contributed by atoms with Gasteiger partial charge in [0.25, 0.3) is 0 Å². The van der Waals surface area contributed by atoms with E-state index in [4.69, 9.17) is 16.7 Å². The van der Waals surface area contributed by atoms with E-state index in [9.17, 15) is 4.79 Å². The van der Waals surface area contributed by atoms with E-state index in [2.05, 4.69) is 17.2 Å². The molecule has 1 aromatic rings. The number of aromatic carboxylic acids is 1. The molecule has 0 aromatic carbocycles. The molecular weight excluding hydrogens is 240 g/mol. The number of halogens is 1. The molecule has 2 rings (SSSR count). The molecule has 0 spiro atoms. The lowest BCUT2D eigenvalue weighted by Gasteiger charge is -2.15. The van der Waals surface area contributed by atoms with Crippen LogP contribution < -0.4 is 5.32 Å². The van der Waals surface area contributed by atoms with Gasteiger partial charge in [-0.15, -0.1) is 0 Å². The molecule has 0 bridgehead atoms. The SMILES string of the molecule is CC(CC1CC1)Nc1nccc(C(=O)O)c1Cl. The zero-order valence-corrected chi connectivity index (χ0v) is 10.4. The zero-order chi connectivity index (χ0) is 12.4. The molecule has 0 saturated heterocycles. The van der Waals surface area contributed by atoms with Gasteiger partial charge in [0.15, 0.2) is 0 Å². The second kappa shape index (κ2) is 4.92. The van der Waals surface area contributed by atoms with Crippen LogP contribution in [-0.4, -0.2) is 22.1 Å². The van der Waals surface area contributed by atoms with E-state index < -0.39 is 5.97 Å². The summed E-state index contributed by atoms with van der Waals surface area (Å²) in [6.07, 6.45) is 5.13. The van der Waals surface area contributed by atoms with Crippen molar-refractivity contribution in [1.29, 1.82) is 0 Å². The summed E-state index contributed by atoms with van der Waals surface area (Å²) in [4.78, 5) is 15.0. The molecule has 0 aliphatic heterocycles. The van der Waals surface area contributed by atoms with Crippen LogP contribution in [0.5, 0.6) is 0 Å². The van der Waals surface area contributed by atoms with E-state index in [-0.39, 0.29) is 16.6 Å². The van der Waals surface area contributed by atoms with Crippen molar-refractivity contribution < 1.29 is 9.90 Å². The number of nitrogens with one attached hydrogen (secondary N) is 1. The van der Waals surface area contributed by atoms with Crippen molar-refractivity contribution in [2.45, 2.75) is 32.2 Å². The van der Waals surface area contributed by atoms with Gasteiger partial charge in [-0.3, -0.25) is 0 Å². The predicted octanol–water partition coefficient (Wildman–Crippen LogP) is 3.03. The lowest BCUT2D eigenvalue weighted by Crippen LogP contribution is -2.17. The van der Waals surface area contributed by atoms with E-state index in [1.165, 1.54) is 25.1 Å². The largest absolute Gasteiger partial charge is 0.478 e. The highest BCUT2D eigenvalue weighted by Gasteiger charge is 2.24. The highest BCUT2D eigenvalue weighted by molar-refractivity contribution is 6.35. The summed E-state index contributed by atoms with van der Waals surface area (Å²) in [6, 6.07) is 1.66. The van der Waals surface area contributed by atoms with Gasteiger partial charge >= 0.3 is 5.97 Å². The molecule has 1 aromatic heterocycles. The fraction of sp³-hybridized carbons (Fsp3) is 0.500. The van der Waals surface area contributed by atoms with Crippen LogP contribution in [0.4, 0.5) is 5.82 Å². The second-order valence-corrected chi connectivity index (χ2v) is 4.93. The number of carbonyl (C=O) groups is 1. The van der Waals surface area contributed by atoms with Crippen molar-refractivity contribution in [1.82, 2.24) is 4.98 Å². The van der Waals surface area contributed by atoms with Crippen LogP contribution in [0.25, 0.3) is 0 Å². The van der Waals surface area contributed by atoms with Crippen molar-refractivity contribution in [3.63, 3.8) is 0 Å². The minimum absolute atomic E-state index is 0.0859. The van der Waals surface area contributed by atoms with E-state index in [0.29, 0.717) is 5.82 Å². The lowest BCUT2D eigenvalue weighted by atomic mass is 10.1. The van der Waals surface area contributed by atoms with Crippen LogP contribution >= 0.6 is 11.6 Å². The zero-order valence-electron chi connectivity index (χ0n) is 9.61. The molecule has 1 saturated carbocycles. The first-order chi connectivity index (χ1) is 8.08. The molecule has 1 heterocycles. The Morgan fingerprint density at radius 3 is 3.00 bits per heavy atom. The molecule has 1 fully saturated rings. The molecule has 17 heavy (non-hydrogen) atoms. The van der Waals surface area contributed by atoms with Gasteiger partial charge in [-0.1, -0.05) is 24.4 Å². The maximum Gasteiger partial charge on any atom is 0.337 e. The number of pyridine rings is 1. The first-order valence-corrected chi connectivity index (χ1v) is 6.10. The predicted molar refractivity (Wildman–Crippen MR) is 66.6 cm³/mol. The van der Waals surface area contributed by atoms with Gasteiger partial charge < -0.3 is 10.4 Å². The molecule has 1 atom stereocenters. The number of hydrogen-bond acceptors (Lipinski definition) is 3. The van der Waals surface area contributed by atoms with Crippen molar-refractivity contribution in [3.8, 4) is 0 Å². The number of nitrogens with zero attached hydrogens (tertiary/aromatic N) is 1. The minimum atomic E-state index is -1.03. The van der Waals surface area contributed by atoms with Crippen LogP contribution in [0, 0.1) is 5.92 Å². The van der Waals surface area contributed by atoms with Crippen LogP contribution in [0.1, 0.15) is 36.5 Å². The molecule has 92 valence electrons. The summed E-state index contributed by atoms with van der Waals surface area (Å²) in [7, 11) is 0. The highest BCUT2D eigenvalue weighted by atomic mass is 35.5. The summed E-state index contributed by atoms with van der Waals surface area (Å²) in [5.74, 6) is 0.231. The topological polar surface area (TPSA) is 62.2 Å². The van der Waals surface area contributed by atoms with E-state index in [0.717, 1.165) is 12.3 Å². The fourth-order valence-electron chi connectivity index (χ4n) is 1.86. The Bertz CT molecular complexity index is 433. The molecule has 5 heteroatoms. The molecule has 0 amide bonds. The van der Waals surface area contributed by atoms with E-state index >= 15 is 0 Å². The standard InChI is InChI=1S/C12H15ClN2O2/c1-7(6-8-2-3-8)15-11-10(13)9(12(16)17)4-5-14-11/h4-5,7-8H,2-3,6H2,1H3,(H,14,15)(H,16,17). The molecule has 1 aliphatic carbocycles. The van der Waals surface area contributed by atoms with Gasteiger partial charge in [-0.05, 0) is 25.3 Å². The summed E-state index contributed by atoms with van der Waals surface area (Å²) in [5.41, 5.74) is 0.0859. The van der Waals surface area contributed by atoms with Crippen LogP contribution in [0.2, 0.25) is 5.02 Å². The van der Waals surface area contributed by atoms with Gasteiger partial charge in [0.2, 0.25) is 0 Å². The average molecular weight is 255 g/mol. The van der Waals surface area contributed by atoms with Gasteiger partial charge in [-0.25, -0.2) is 9.78 Å². The Morgan fingerprint density at radius 2 is 2.41 bits per heavy atom. The summed E-state index contributed by atoms with van der Waals surface area (Å²) in [5, 5.41) is 12.3. The maximum absolute atomic E-state index is 10.9. The minimum Gasteiger partial charge on any atom is -0.478 e. The summed E-state index contributed by atoms with van der Waals surface area (Å²) >= 11 is 5.99. The third kappa shape index (κ3) is 3.09. The highest BCUT2D eigenvalue weighted by Crippen LogP contribution is 2.34. The quantitative estimate of drug-likeness (QED) is 0.848. The monoisotopic (exact) mass is 254 g/mol. The second-order valence-electron chi connectivity index (χ2n) is 4.55. The Labute approximate surface area is 105 Å². The number of hydrogen-bond donors (Lipinski definition) is 2. The number of rotatable bonds is 5. The Balaban J connectivity index is 2.08. The smallest absolute Gasteiger partial charge is 0.337 e. The third-order valence-corrected chi connectivity index (χ3v) is 3.27. The average Bonchev–Trinajstić information content (AvgIpc) is 3.04. The molecule has 1 aliphatic rings. The molecule has 1 unspecified atom stereocenters. The van der Waals surface area contributed by atoms with Crippen molar-refractivity contribution in [2.75, 3.05) is 5.32 Å². The van der Waals surface area contributed by atoms with Crippen molar-refractivity contribution in [2.24, 2.45) is 5.92 Å². The normalized spacial score (nSPS) is 16.6. The number of carboxylic acid groups (broad SMARTS) is 1. The van der Waals surface area contributed by atoms with Gasteiger partial charge in [0, 0.05) is 12.2 Å². The van der Waals surface area contributed by atoms with Crippen molar-refractivity contribution in [3.05, 3.63) is 22.8 Å². The number of aromatic nitrogens is 1. The molecule has 4 nitrogen and oxygen atoms in total. The van der Waals surface area contributed by atoms with E-state index in [1.54, 1.807) is 0 Å². The van der Waals surface area contributed by atoms with Crippen molar-refractivity contribution >= 4 is 23.4 Å². The fourth-order valence-corrected chi connectivity index (χ4v) is 2.10. The number of anilines is 1. The van der Waals surface area contributed by atoms with Gasteiger partial charge in [0.05, 0.1) is 10.6 Å². The van der Waals surface area contributed by atoms with Crippen LogP contribution in [0.3, 0.4) is 0 Å². The maximum atomic E-state index is 10.9. The van der Waals surface area contributed by atoms with Gasteiger partial charge in [0.1, 0.15) is 5.82 Å². The molecular formula is C12H15ClN2O2. The van der Waals surface area contributed by atoms with Crippen LogP contribution in [-0.2, 0) is 0 Å². The third-order valence-electron chi connectivity index (χ3n) is 2.89. The number of carboxylic acids is 1.